The van der Waals surface area contributed by atoms with E-state index in [9.17, 15) is 18.3 Å². The summed E-state index contributed by atoms with van der Waals surface area (Å²) in [5.41, 5.74) is 0. The summed E-state index contributed by atoms with van der Waals surface area (Å²) in [4.78, 5) is 1.78. The summed E-state index contributed by atoms with van der Waals surface area (Å²) in [7, 11) is 0. The number of aliphatic hydroxyl groups is 1. The van der Waals surface area contributed by atoms with Crippen LogP contribution in [0.2, 0.25) is 5.02 Å². The maximum Gasteiger partial charge on any atom is 0.391 e. The Morgan fingerprint density at radius 1 is 1.38 bits per heavy atom. The predicted molar refractivity (Wildman–Crippen MR) is 73.6 cm³/mol. The molecule has 1 fully saturated rings. The van der Waals surface area contributed by atoms with Gasteiger partial charge in [0.15, 0.2) is 0 Å². The van der Waals surface area contributed by atoms with Crippen molar-refractivity contribution in [3.8, 4) is 5.75 Å². The minimum Gasteiger partial charge on any atom is -0.487 e. The Morgan fingerprint density at radius 3 is 2.76 bits per heavy atom. The Morgan fingerprint density at radius 2 is 2.10 bits per heavy atom. The number of nitrogens with zero attached hydrogens (tertiary/aromatic N) is 1. The zero-order valence-electron chi connectivity index (χ0n) is 11.3. The second-order valence-electron chi connectivity index (χ2n) is 5.19. The Bertz CT molecular complexity index is 470. The molecule has 3 nitrogen and oxygen atoms in total. The highest BCUT2D eigenvalue weighted by molar-refractivity contribution is 6.32. The molecule has 1 aliphatic rings. The fourth-order valence-corrected chi connectivity index (χ4v) is 2.59. The van der Waals surface area contributed by atoms with E-state index in [1.165, 1.54) is 0 Å². The summed E-state index contributed by atoms with van der Waals surface area (Å²) in [6.45, 7) is 1.09. The van der Waals surface area contributed by atoms with Gasteiger partial charge in [-0.25, -0.2) is 0 Å². The van der Waals surface area contributed by atoms with Crippen molar-refractivity contribution in [3.05, 3.63) is 29.3 Å². The number of para-hydroxylation sites is 1. The summed E-state index contributed by atoms with van der Waals surface area (Å²) in [5, 5.41) is 9.95. The van der Waals surface area contributed by atoms with Gasteiger partial charge in [0, 0.05) is 19.6 Å². The highest BCUT2D eigenvalue weighted by Gasteiger charge is 2.33. The van der Waals surface area contributed by atoms with E-state index >= 15 is 0 Å². The summed E-state index contributed by atoms with van der Waals surface area (Å²) in [6.07, 6.45) is -6.34. The topological polar surface area (TPSA) is 32.7 Å². The zero-order chi connectivity index (χ0) is 15.5. The van der Waals surface area contributed by atoms with Crippen molar-refractivity contribution < 1.29 is 23.0 Å². The number of hydrogen-bond acceptors (Lipinski definition) is 3. The van der Waals surface area contributed by atoms with Gasteiger partial charge in [-0.15, -0.1) is 0 Å². The van der Waals surface area contributed by atoms with E-state index in [2.05, 4.69) is 0 Å². The van der Waals surface area contributed by atoms with Crippen molar-refractivity contribution >= 4 is 11.6 Å². The lowest BCUT2D eigenvalue weighted by Gasteiger charge is -2.21. The Kier molecular flexibility index (Phi) is 5.35. The molecule has 2 rings (SSSR count). The molecule has 2 atom stereocenters. The van der Waals surface area contributed by atoms with E-state index in [1.54, 1.807) is 29.2 Å². The second-order valence-corrected chi connectivity index (χ2v) is 5.60. The molecule has 0 radical (unpaired) electrons. The van der Waals surface area contributed by atoms with Crippen molar-refractivity contribution in [3.63, 3.8) is 0 Å². The second kappa shape index (κ2) is 6.85. The molecule has 21 heavy (non-hydrogen) atoms. The molecule has 1 aromatic rings. The van der Waals surface area contributed by atoms with Crippen LogP contribution in [0.5, 0.6) is 5.75 Å². The van der Waals surface area contributed by atoms with Gasteiger partial charge in [-0.05, 0) is 18.6 Å². The normalized spacial score (nSPS) is 21.5. The molecule has 0 saturated carbocycles. The number of halogens is 4. The van der Waals surface area contributed by atoms with Crippen LogP contribution in [0.15, 0.2) is 24.3 Å². The van der Waals surface area contributed by atoms with Gasteiger partial charge in [-0.1, -0.05) is 23.7 Å². The molecular formula is C14H17ClF3NO2. The van der Waals surface area contributed by atoms with Gasteiger partial charge in [0.1, 0.15) is 11.9 Å². The third-order valence-corrected chi connectivity index (χ3v) is 3.61. The van der Waals surface area contributed by atoms with Crippen LogP contribution in [0.3, 0.4) is 0 Å². The maximum absolute atomic E-state index is 12.2. The fraction of sp³-hybridized carbons (Fsp3) is 0.571. The summed E-state index contributed by atoms with van der Waals surface area (Å²) in [5.74, 6) is 0.571. The van der Waals surface area contributed by atoms with Crippen molar-refractivity contribution in [2.45, 2.75) is 31.2 Å². The van der Waals surface area contributed by atoms with Crippen LogP contribution in [-0.4, -0.2) is 48.0 Å². The van der Waals surface area contributed by atoms with Crippen molar-refractivity contribution in [1.29, 1.82) is 0 Å². The van der Waals surface area contributed by atoms with Crippen LogP contribution >= 0.6 is 11.6 Å². The van der Waals surface area contributed by atoms with Crippen LogP contribution in [0.4, 0.5) is 13.2 Å². The van der Waals surface area contributed by atoms with Crippen LogP contribution in [0.25, 0.3) is 0 Å². The predicted octanol–water partition coefficient (Wildman–Crippen LogP) is 3.11. The number of rotatable bonds is 5. The molecule has 0 amide bonds. The summed E-state index contributed by atoms with van der Waals surface area (Å²) in [6, 6.07) is 7.07. The maximum atomic E-state index is 12.2. The number of likely N-dealkylation sites (tertiary alicyclic amines) is 1. The zero-order valence-corrected chi connectivity index (χ0v) is 12.1. The number of β-amino-alcohol motifs (C(OH)–C–C–N with tert-alkyl or cyclic N) is 1. The third-order valence-electron chi connectivity index (χ3n) is 3.30. The first-order valence-electron chi connectivity index (χ1n) is 6.72. The monoisotopic (exact) mass is 323 g/mol. The quantitative estimate of drug-likeness (QED) is 0.904. The molecule has 0 aromatic heterocycles. The van der Waals surface area contributed by atoms with E-state index in [1.807, 2.05) is 0 Å². The first-order valence-corrected chi connectivity index (χ1v) is 7.09. The molecule has 7 heteroatoms. The lowest BCUT2D eigenvalue weighted by atomic mass is 10.2. The van der Waals surface area contributed by atoms with Crippen molar-refractivity contribution in [1.82, 2.24) is 4.90 Å². The minimum atomic E-state index is -4.34. The molecule has 0 bridgehead atoms. The Hall–Kier alpha value is -0.980. The molecule has 0 aliphatic carbocycles. The van der Waals surface area contributed by atoms with E-state index < -0.39 is 18.7 Å². The smallest absolute Gasteiger partial charge is 0.391 e. The molecule has 118 valence electrons. The third kappa shape index (κ3) is 5.37. The SMILES string of the molecule is OC(CN1CCC(Oc2ccccc2Cl)C1)CC(F)(F)F. The number of aliphatic hydroxyl groups excluding tert-OH is 1. The van der Waals surface area contributed by atoms with Gasteiger partial charge in [-0.2, -0.15) is 13.2 Å². The van der Waals surface area contributed by atoms with Gasteiger partial charge in [0.2, 0.25) is 0 Å². The minimum absolute atomic E-state index is 0.00188. The number of hydrogen-bond donors (Lipinski definition) is 1. The average molecular weight is 324 g/mol. The van der Waals surface area contributed by atoms with Crippen molar-refractivity contribution in [2.75, 3.05) is 19.6 Å². The lowest BCUT2D eigenvalue weighted by molar-refractivity contribution is -0.155. The van der Waals surface area contributed by atoms with Crippen LogP contribution in [-0.2, 0) is 0 Å². The summed E-state index contributed by atoms with van der Waals surface area (Å²) < 4.78 is 42.3. The largest absolute Gasteiger partial charge is 0.487 e. The van der Waals surface area contributed by atoms with Crippen molar-refractivity contribution in [2.24, 2.45) is 0 Å². The van der Waals surface area contributed by atoms with E-state index in [4.69, 9.17) is 16.3 Å². The van der Waals surface area contributed by atoms with Gasteiger partial charge < -0.3 is 9.84 Å². The standard InChI is InChI=1S/C14H17ClF3NO2/c15-12-3-1-2-4-13(12)21-11-5-6-19(9-11)8-10(20)7-14(16,17)18/h1-4,10-11,20H,5-9H2. The Labute approximate surface area is 126 Å². The highest BCUT2D eigenvalue weighted by Crippen LogP contribution is 2.27. The van der Waals surface area contributed by atoms with E-state index in [-0.39, 0.29) is 12.6 Å². The average Bonchev–Trinajstić information content (AvgIpc) is 2.77. The van der Waals surface area contributed by atoms with Crippen LogP contribution in [0.1, 0.15) is 12.8 Å². The van der Waals surface area contributed by atoms with E-state index in [0.29, 0.717) is 30.3 Å². The highest BCUT2D eigenvalue weighted by atomic mass is 35.5. The molecule has 2 unspecified atom stereocenters. The lowest BCUT2D eigenvalue weighted by Crippen LogP contribution is -2.34. The van der Waals surface area contributed by atoms with Gasteiger partial charge in [0.05, 0.1) is 17.5 Å². The Balaban J connectivity index is 1.80. The molecule has 1 heterocycles. The van der Waals surface area contributed by atoms with Gasteiger partial charge in [0.25, 0.3) is 0 Å². The fourth-order valence-electron chi connectivity index (χ4n) is 2.41. The molecule has 1 aromatic carbocycles. The summed E-state index contributed by atoms with van der Waals surface area (Å²) >= 11 is 5.99. The number of ether oxygens (including phenoxy) is 1. The first-order chi connectivity index (χ1) is 9.83. The van der Waals surface area contributed by atoms with Crippen LogP contribution < -0.4 is 4.74 Å². The van der Waals surface area contributed by atoms with Gasteiger partial charge >= 0.3 is 6.18 Å². The van der Waals surface area contributed by atoms with Crippen LogP contribution in [0, 0.1) is 0 Å². The number of benzene rings is 1. The first kappa shape index (κ1) is 16.4. The molecule has 1 aliphatic heterocycles. The number of alkyl halides is 3. The molecular weight excluding hydrogens is 307 g/mol. The van der Waals surface area contributed by atoms with Gasteiger partial charge in [-0.3, -0.25) is 4.90 Å². The molecule has 1 N–H and O–H groups in total. The molecule has 0 spiro atoms. The van der Waals surface area contributed by atoms with E-state index in [0.717, 1.165) is 0 Å². The molecule has 1 saturated heterocycles.